The van der Waals surface area contributed by atoms with Crippen LogP contribution in [0.1, 0.15) is 245 Å². The van der Waals surface area contributed by atoms with Crippen LogP contribution >= 0.6 is 7.82 Å². The maximum atomic E-state index is 12.8. The van der Waals surface area contributed by atoms with E-state index in [1.807, 2.05) is 21.1 Å². The molecule has 0 aliphatic heterocycles. The zero-order valence-electron chi connectivity index (χ0n) is 38.1. The zero-order chi connectivity index (χ0) is 41.4. The van der Waals surface area contributed by atoms with Crippen LogP contribution in [0.2, 0.25) is 0 Å². The minimum absolute atomic E-state index is 0.0158. The fourth-order valence-electron chi connectivity index (χ4n) is 7.45. The Morgan fingerprint density at radius 2 is 0.875 bits per heavy atom. The highest BCUT2D eigenvalue weighted by atomic mass is 31.2. The van der Waals surface area contributed by atoms with Gasteiger partial charge in [0.1, 0.15) is 13.2 Å². The van der Waals surface area contributed by atoms with Crippen molar-refractivity contribution >= 4 is 13.7 Å². The summed E-state index contributed by atoms with van der Waals surface area (Å²) in [6.45, 7) is 4.71. The number of unbranched alkanes of at least 4 members (excludes halogenated alkanes) is 32. The Labute approximate surface area is 349 Å². The summed E-state index contributed by atoms with van der Waals surface area (Å²) in [5.74, 6) is -0.166. The molecule has 0 fully saturated rings. The first kappa shape index (κ1) is 55.5. The summed E-state index contributed by atoms with van der Waals surface area (Å²) < 4.78 is 23.2. The van der Waals surface area contributed by atoms with Gasteiger partial charge < -0.3 is 28.8 Å². The van der Waals surface area contributed by atoms with Gasteiger partial charge in [-0.15, -0.1) is 0 Å². The third-order valence-electron chi connectivity index (χ3n) is 11.3. The van der Waals surface area contributed by atoms with Crippen LogP contribution in [0.5, 0.6) is 0 Å². The van der Waals surface area contributed by atoms with Crippen molar-refractivity contribution in [3.8, 4) is 0 Å². The van der Waals surface area contributed by atoms with Gasteiger partial charge in [-0.1, -0.05) is 226 Å². The standard InChI is InChI=1S/C47H97N2O6P/c1-6-8-10-12-14-16-17-18-19-20-21-22-23-24-25-26-27-28-29-30-31-32-33-34-36-38-40-46(50)45(44-55-56(52,53)54-43-42-49(3,4)5)48-47(51)41-39-37-35-15-13-11-9-7-2/h45-46,50H,6-44H2,1-5H3,(H-,48,51,52,53). The molecule has 0 saturated carbocycles. The van der Waals surface area contributed by atoms with Crippen LogP contribution in [0.25, 0.3) is 0 Å². The molecule has 8 nitrogen and oxygen atoms in total. The molecule has 56 heavy (non-hydrogen) atoms. The first-order chi connectivity index (χ1) is 27.0. The molecule has 0 aromatic heterocycles. The van der Waals surface area contributed by atoms with Crippen LogP contribution in [0, 0.1) is 0 Å². The molecule has 2 N–H and O–H groups in total. The van der Waals surface area contributed by atoms with Crippen LogP contribution in [-0.2, 0) is 18.4 Å². The average molecular weight is 817 g/mol. The van der Waals surface area contributed by atoms with E-state index in [0.717, 1.165) is 38.5 Å². The van der Waals surface area contributed by atoms with Gasteiger partial charge in [0.2, 0.25) is 5.91 Å². The molecular weight excluding hydrogens is 719 g/mol. The normalized spacial score (nSPS) is 14.2. The molecule has 3 unspecified atom stereocenters. The molecule has 9 heteroatoms. The molecule has 0 aromatic carbocycles. The molecule has 3 atom stereocenters. The van der Waals surface area contributed by atoms with E-state index in [9.17, 15) is 19.4 Å². The number of carbonyl (C=O) groups is 1. The second-order valence-electron chi connectivity index (χ2n) is 18.2. The van der Waals surface area contributed by atoms with Gasteiger partial charge in [-0.25, -0.2) is 0 Å². The number of nitrogens with zero attached hydrogens (tertiary/aromatic N) is 1. The van der Waals surface area contributed by atoms with Gasteiger partial charge in [-0.2, -0.15) is 0 Å². The van der Waals surface area contributed by atoms with Crippen molar-refractivity contribution in [3.63, 3.8) is 0 Å². The van der Waals surface area contributed by atoms with Crippen LogP contribution in [0.15, 0.2) is 0 Å². The highest BCUT2D eigenvalue weighted by molar-refractivity contribution is 7.45. The lowest BCUT2D eigenvalue weighted by Crippen LogP contribution is -2.46. The topological polar surface area (TPSA) is 108 Å². The number of carbonyl (C=O) groups excluding carboxylic acids is 1. The highest BCUT2D eigenvalue weighted by Crippen LogP contribution is 2.38. The molecule has 336 valence electrons. The van der Waals surface area contributed by atoms with Gasteiger partial charge in [0, 0.05) is 6.42 Å². The van der Waals surface area contributed by atoms with E-state index >= 15 is 0 Å². The third kappa shape index (κ3) is 41.7. The Hall–Kier alpha value is -0.500. The Morgan fingerprint density at radius 1 is 0.554 bits per heavy atom. The maximum Gasteiger partial charge on any atom is 0.268 e. The van der Waals surface area contributed by atoms with E-state index in [1.165, 1.54) is 180 Å². The lowest BCUT2D eigenvalue weighted by molar-refractivity contribution is -0.870. The van der Waals surface area contributed by atoms with Crippen molar-refractivity contribution in [3.05, 3.63) is 0 Å². The fraction of sp³-hybridized carbons (Fsp3) is 0.979. The lowest BCUT2D eigenvalue weighted by Gasteiger charge is -2.30. The number of nitrogens with one attached hydrogen (secondary N) is 1. The number of phosphoric acid groups is 1. The predicted octanol–water partition coefficient (Wildman–Crippen LogP) is 13.1. The molecule has 1 amide bonds. The quantitative estimate of drug-likeness (QED) is 0.0360. The van der Waals surface area contributed by atoms with E-state index in [4.69, 9.17) is 9.05 Å². The van der Waals surface area contributed by atoms with Gasteiger partial charge in [0.25, 0.3) is 7.82 Å². The second kappa shape index (κ2) is 39.9. The molecule has 0 radical (unpaired) electrons. The smallest absolute Gasteiger partial charge is 0.268 e. The van der Waals surface area contributed by atoms with Crippen molar-refractivity contribution in [1.29, 1.82) is 0 Å². The van der Waals surface area contributed by atoms with Crippen molar-refractivity contribution < 1.29 is 32.9 Å². The van der Waals surface area contributed by atoms with Crippen molar-refractivity contribution in [2.24, 2.45) is 0 Å². The van der Waals surface area contributed by atoms with Crippen molar-refractivity contribution in [2.75, 3.05) is 40.9 Å². The van der Waals surface area contributed by atoms with E-state index in [-0.39, 0.29) is 19.1 Å². The number of quaternary nitrogens is 1. The monoisotopic (exact) mass is 817 g/mol. The summed E-state index contributed by atoms with van der Waals surface area (Å²) >= 11 is 0. The lowest BCUT2D eigenvalue weighted by atomic mass is 10.0. The molecule has 0 aliphatic rings. The molecule has 0 heterocycles. The number of aliphatic hydroxyl groups excluding tert-OH is 1. The number of amides is 1. The van der Waals surface area contributed by atoms with E-state index in [1.54, 1.807) is 0 Å². The van der Waals surface area contributed by atoms with Gasteiger partial charge in [-0.05, 0) is 12.8 Å². The molecule has 0 rings (SSSR count). The SMILES string of the molecule is CCCCCCCCCCCCCCCCCCCCCCCCCCCCC(O)C(COP(=O)([O-])OCC[N+](C)(C)C)NC(=O)CCCCCCCCCC. The Bertz CT molecular complexity index is 885. The van der Waals surface area contributed by atoms with E-state index < -0.39 is 20.0 Å². The molecule has 0 aliphatic carbocycles. The van der Waals surface area contributed by atoms with Gasteiger partial charge in [0.05, 0.1) is 39.9 Å². The largest absolute Gasteiger partial charge is 0.756 e. The maximum absolute atomic E-state index is 12.8. The van der Waals surface area contributed by atoms with Gasteiger partial charge in [0.15, 0.2) is 0 Å². The predicted molar refractivity (Wildman–Crippen MR) is 238 cm³/mol. The van der Waals surface area contributed by atoms with Crippen LogP contribution in [0.3, 0.4) is 0 Å². The first-order valence-electron chi connectivity index (χ1n) is 24.4. The van der Waals surface area contributed by atoms with E-state index in [2.05, 4.69) is 19.2 Å². The van der Waals surface area contributed by atoms with Gasteiger partial charge >= 0.3 is 0 Å². The molecule has 0 saturated heterocycles. The van der Waals surface area contributed by atoms with Crippen LogP contribution in [0.4, 0.5) is 0 Å². The summed E-state index contributed by atoms with van der Waals surface area (Å²) in [5.41, 5.74) is 0. The summed E-state index contributed by atoms with van der Waals surface area (Å²) in [4.78, 5) is 25.2. The highest BCUT2D eigenvalue weighted by Gasteiger charge is 2.24. The number of rotatable bonds is 45. The summed E-state index contributed by atoms with van der Waals surface area (Å²) in [5, 5.41) is 13.9. The molecule has 0 spiro atoms. The number of phosphoric ester groups is 1. The number of hydrogen-bond donors (Lipinski definition) is 2. The van der Waals surface area contributed by atoms with Crippen molar-refractivity contribution in [1.82, 2.24) is 5.32 Å². The Kier molecular flexibility index (Phi) is 39.6. The third-order valence-corrected chi connectivity index (χ3v) is 12.3. The number of aliphatic hydroxyl groups is 1. The average Bonchev–Trinajstić information content (AvgIpc) is 3.15. The Morgan fingerprint density at radius 3 is 1.21 bits per heavy atom. The number of likely N-dealkylation sites (N-methyl/N-ethyl adjacent to an activating group) is 1. The van der Waals surface area contributed by atoms with E-state index in [0.29, 0.717) is 23.9 Å². The van der Waals surface area contributed by atoms with Crippen molar-refractivity contribution in [2.45, 2.75) is 257 Å². The minimum atomic E-state index is -4.55. The molecule has 0 aromatic rings. The zero-order valence-corrected chi connectivity index (χ0v) is 39.0. The summed E-state index contributed by atoms with van der Waals surface area (Å²) in [6, 6.07) is -0.792. The van der Waals surface area contributed by atoms with Gasteiger partial charge in [-0.3, -0.25) is 9.36 Å². The molecular formula is C47H97N2O6P. The number of hydrogen-bond acceptors (Lipinski definition) is 6. The Balaban J connectivity index is 4.03. The molecule has 0 bridgehead atoms. The van der Waals surface area contributed by atoms with Crippen LogP contribution in [-0.4, -0.2) is 68.5 Å². The van der Waals surface area contributed by atoms with Crippen LogP contribution < -0.4 is 10.2 Å². The minimum Gasteiger partial charge on any atom is -0.756 e. The fourth-order valence-corrected chi connectivity index (χ4v) is 8.18. The first-order valence-corrected chi connectivity index (χ1v) is 25.8. The second-order valence-corrected chi connectivity index (χ2v) is 19.6. The summed E-state index contributed by atoms with van der Waals surface area (Å²) in [6.07, 6.45) is 44.3. The summed E-state index contributed by atoms with van der Waals surface area (Å²) in [7, 11) is 1.32.